The van der Waals surface area contributed by atoms with E-state index in [-0.39, 0.29) is 6.04 Å². The molecule has 4 aromatic rings. The molecule has 0 aliphatic heterocycles. The molecule has 1 aromatic heterocycles. The largest absolute Gasteiger partial charge is 0.457 e. The van der Waals surface area contributed by atoms with Crippen molar-refractivity contribution < 1.29 is 4.74 Å². The van der Waals surface area contributed by atoms with Gasteiger partial charge in [0.2, 0.25) is 5.95 Å². The number of benzene rings is 3. The number of para-hydroxylation sites is 3. The molecule has 0 fully saturated rings. The van der Waals surface area contributed by atoms with E-state index >= 15 is 0 Å². The lowest BCUT2D eigenvalue weighted by Crippen LogP contribution is -2.13. The quantitative estimate of drug-likeness (QED) is 0.413. The molecule has 0 spiro atoms. The maximum Gasteiger partial charge on any atom is 0.204 e. The van der Waals surface area contributed by atoms with Crippen LogP contribution in [0.2, 0.25) is 0 Å². The first-order valence-corrected chi connectivity index (χ1v) is 9.75. The second-order valence-electron chi connectivity index (χ2n) is 6.95. The highest BCUT2D eigenvalue weighted by Crippen LogP contribution is 2.28. The van der Waals surface area contributed by atoms with Crippen molar-refractivity contribution in [3.05, 3.63) is 84.4 Å². The summed E-state index contributed by atoms with van der Waals surface area (Å²) < 4.78 is 8.03. The predicted octanol–water partition coefficient (Wildman–Crippen LogP) is 6.32. The first kappa shape index (κ1) is 18.1. The van der Waals surface area contributed by atoms with Crippen molar-refractivity contribution in [2.45, 2.75) is 25.8 Å². The third-order valence-corrected chi connectivity index (χ3v) is 4.93. The number of aromatic nitrogens is 2. The molecule has 1 heterocycles. The van der Waals surface area contributed by atoms with Gasteiger partial charge in [-0.3, -0.25) is 0 Å². The second-order valence-corrected chi connectivity index (χ2v) is 6.95. The molecule has 142 valence electrons. The number of hydrogen-bond donors (Lipinski definition) is 1. The van der Waals surface area contributed by atoms with Crippen LogP contribution in [-0.2, 0) is 7.05 Å². The van der Waals surface area contributed by atoms with E-state index in [2.05, 4.69) is 42.1 Å². The molecular formula is C24H25N3O. The highest BCUT2D eigenvalue weighted by molar-refractivity contribution is 5.78. The molecule has 0 saturated heterocycles. The van der Waals surface area contributed by atoms with E-state index in [0.717, 1.165) is 41.3 Å². The third kappa shape index (κ3) is 3.86. The number of fused-ring (bicyclic) bond motifs is 1. The molecule has 0 amide bonds. The Morgan fingerprint density at radius 1 is 0.893 bits per heavy atom. The molecule has 0 bridgehead atoms. The van der Waals surface area contributed by atoms with Gasteiger partial charge in [-0.25, -0.2) is 4.98 Å². The van der Waals surface area contributed by atoms with E-state index in [1.807, 2.05) is 60.7 Å². The highest BCUT2D eigenvalue weighted by atomic mass is 16.5. The lowest BCUT2D eigenvalue weighted by molar-refractivity contribution is 0.482. The average Bonchev–Trinajstić information content (AvgIpc) is 3.05. The topological polar surface area (TPSA) is 39.1 Å². The van der Waals surface area contributed by atoms with Crippen LogP contribution < -0.4 is 10.1 Å². The Morgan fingerprint density at radius 2 is 1.57 bits per heavy atom. The maximum atomic E-state index is 5.91. The van der Waals surface area contributed by atoms with Gasteiger partial charge in [0.05, 0.1) is 17.1 Å². The number of nitrogens with zero attached hydrogens (tertiary/aromatic N) is 2. The fraction of sp³-hybridized carbons (Fsp3) is 0.208. The second kappa shape index (κ2) is 8.17. The fourth-order valence-electron chi connectivity index (χ4n) is 3.43. The Bertz CT molecular complexity index is 1040. The molecule has 4 nitrogen and oxygen atoms in total. The number of hydrogen-bond acceptors (Lipinski definition) is 3. The Hall–Kier alpha value is -3.27. The van der Waals surface area contributed by atoms with Gasteiger partial charge >= 0.3 is 0 Å². The van der Waals surface area contributed by atoms with Gasteiger partial charge in [0, 0.05) is 7.05 Å². The van der Waals surface area contributed by atoms with Crippen molar-refractivity contribution >= 4 is 17.0 Å². The molecule has 4 rings (SSSR count). The Labute approximate surface area is 165 Å². The smallest absolute Gasteiger partial charge is 0.204 e. The summed E-state index contributed by atoms with van der Waals surface area (Å²) in [6, 6.07) is 26.6. The van der Waals surface area contributed by atoms with Gasteiger partial charge in [-0.2, -0.15) is 0 Å². The number of ether oxygens (including phenoxy) is 1. The van der Waals surface area contributed by atoms with Gasteiger partial charge in [0.15, 0.2) is 0 Å². The van der Waals surface area contributed by atoms with Crippen molar-refractivity contribution in [3.63, 3.8) is 0 Å². The van der Waals surface area contributed by atoms with E-state index in [1.54, 1.807) is 0 Å². The molecule has 0 saturated carbocycles. The number of anilines is 1. The average molecular weight is 371 g/mol. The normalized spacial score (nSPS) is 12.1. The summed E-state index contributed by atoms with van der Waals surface area (Å²) >= 11 is 0. The molecule has 4 heteroatoms. The Kier molecular flexibility index (Phi) is 5.29. The molecule has 0 radical (unpaired) electrons. The molecule has 3 aromatic carbocycles. The van der Waals surface area contributed by atoms with Crippen LogP contribution >= 0.6 is 0 Å². The maximum absolute atomic E-state index is 5.91. The van der Waals surface area contributed by atoms with Crippen molar-refractivity contribution in [2.24, 2.45) is 7.05 Å². The molecule has 1 N–H and O–H groups in total. The minimum atomic E-state index is 0.200. The molecule has 0 aliphatic rings. The zero-order valence-corrected chi connectivity index (χ0v) is 16.3. The first-order valence-electron chi connectivity index (χ1n) is 9.75. The molecule has 1 unspecified atom stereocenters. The first-order chi connectivity index (χ1) is 13.7. The summed E-state index contributed by atoms with van der Waals surface area (Å²) in [4.78, 5) is 4.76. The molecule has 0 aliphatic carbocycles. The molecule has 1 atom stereocenters. The minimum Gasteiger partial charge on any atom is -0.457 e. The van der Waals surface area contributed by atoms with Crippen molar-refractivity contribution in [1.82, 2.24) is 9.55 Å². The van der Waals surface area contributed by atoms with Gasteiger partial charge in [0.1, 0.15) is 11.5 Å². The van der Waals surface area contributed by atoms with Crippen LogP contribution in [0.5, 0.6) is 11.5 Å². The number of rotatable bonds is 7. The number of nitrogens with one attached hydrogen (secondary N) is 1. The van der Waals surface area contributed by atoms with E-state index in [9.17, 15) is 0 Å². The summed E-state index contributed by atoms with van der Waals surface area (Å²) in [6.45, 7) is 2.20. The van der Waals surface area contributed by atoms with Crippen LogP contribution in [-0.4, -0.2) is 9.55 Å². The van der Waals surface area contributed by atoms with Crippen molar-refractivity contribution in [2.75, 3.05) is 5.32 Å². The van der Waals surface area contributed by atoms with E-state index < -0.39 is 0 Å². The summed E-state index contributed by atoms with van der Waals surface area (Å²) in [5.74, 6) is 2.58. The molecule has 28 heavy (non-hydrogen) atoms. The van der Waals surface area contributed by atoms with Gasteiger partial charge in [-0.15, -0.1) is 0 Å². The third-order valence-electron chi connectivity index (χ3n) is 4.93. The standard InChI is InChI=1S/C24H25N3O/c1-3-9-21(25-24-26-22-12-7-8-13-23(22)27(24)2)18-14-16-20(17-15-18)28-19-10-5-4-6-11-19/h4-8,10-17,21H,3,9H2,1-2H3,(H,25,26). The van der Waals surface area contributed by atoms with Crippen molar-refractivity contribution in [3.8, 4) is 11.5 Å². The van der Waals surface area contributed by atoms with Gasteiger partial charge in [0.25, 0.3) is 0 Å². The monoisotopic (exact) mass is 371 g/mol. The fourth-order valence-corrected chi connectivity index (χ4v) is 3.43. The van der Waals surface area contributed by atoms with Crippen LogP contribution in [0, 0.1) is 0 Å². The predicted molar refractivity (Wildman–Crippen MR) is 115 cm³/mol. The lowest BCUT2D eigenvalue weighted by atomic mass is 10.0. The zero-order chi connectivity index (χ0) is 19.3. The zero-order valence-electron chi connectivity index (χ0n) is 16.3. The van der Waals surface area contributed by atoms with Crippen LogP contribution in [0.15, 0.2) is 78.9 Å². The van der Waals surface area contributed by atoms with Crippen LogP contribution in [0.1, 0.15) is 31.4 Å². The van der Waals surface area contributed by atoms with Gasteiger partial charge < -0.3 is 14.6 Å². The summed E-state index contributed by atoms with van der Waals surface area (Å²) in [7, 11) is 2.05. The van der Waals surface area contributed by atoms with Crippen LogP contribution in [0.25, 0.3) is 11.0 Å². The molecular weight excluding hydrogens is 346 g/mol. The summed E-state index contributed by atoms with van der Waals surface area (Å²) in [6.07, 6.45) is 2.12. The number of imidazole rings is 1. The van der Waals surface area contributed by atoms with E-state index in [4.69, 9.17) is 9.72 Å². The van der Waals surface area contributed by atoms with Crippen LogP contribution in [0.3, 0.4) is 0 Å². The summed E-state index contributed by atoms with van der Waals surface area (Å²) in [5.41, 5.74) is 3.37. The van der Waals surface area contributed by atoms with Gasteiger partial charge in [-0.05, 0) is 48.4 Å². The highest BCUT2D eigenvalue weighted by Gasteiger charge is 2.15. The summed E-state index contributed by atoms with van der Waals surface area (Å²) in [5, 5.41) is 3.63. The van der Waals surface area contributed by atoms with E-state index in [0.29, 0.717) is 0 Å². The minimum absolute atomic E-state index is 0.200. The van der Waals surface area contributed by atoms with E-state index in [1.165, 1.54) is 5.56 Å². The van der Waals surface area contributed by atoms with Crippen molar-refractivity contribution in [1.29, 1.82) is 0 Å². The number of aryl methyl sites for hydroxylation is 1. The van der Waals surface area contributed by atoms with Crippen LogP contribution in [0.4, 0.5) is 5.95 Å². The Morgan fingerprint density at radius 3 is 2.29 bits per heavy atom. The lowest BCUT2D eigenvalue weighted by Gasteiger charge is -2.20. The Balaban J connectivity index is 1.54. The SMILES string of the molecule is CCCC(Nc1nc2ccccc2n1C)c1ccc(Oc2ccccc2)cc1. The van der Waals surface area contributed by atoms with Gasteiger partial charge in [-0.1, -0.05) is 55.8 Å².